The third kappa shape index (κ3) is 4.96. The maximum atomic E-state index is 14.2. The molecule has 1 N–H and O–H groups in total. The highest BCUT2D eigenvalue weighted by molar-refractivity contribution is 5.58. The van der Waals surface area contributed by atoms with Crippen LogP contribution < -0.4 is 5.69 Å². The van der Waals surface area contributed by atoms with Crippen molar-refractivity contribution in [2.45, 2.75) is 63.3 Å². The number of aromatic nitrogens is 5. The minimum atomic E-state index is -4.64. The lowest BCUT2D eigenvalue weighted by molar-refractivity contribution is -0.136. The van der Waals surface area contributed by atoms with E-state index in [2.05, 4.69) is 10.2 Å². The van der Waals surface area contributed by atoms with Crippen molar-refractivity contribution in [2.24, 2.45) is 13.0 Å². The van der Waals surface area contributed by atoms with E-state index in [1.807, 2.05) is 34.7 Å². The predicted octanol–water partition coefficient (Wildman–Crippen LogP) is 4.52. The molecule has 0 amide bonds. The number of β-amino-alcohol motifs (C(OH)–C–C–N with tert-alkyl or cyclic N) is 1. The molecule has 1 aliphatic carbocycles. The first kappa shape index (κ1) is 26.8. The van der Waals surface area contributed by atoms with Gasteiger partial charge in [0.15, 0.2) is 0 Å². The van der Waals surface area contributed by atoms with Gasteiger partial charge < -0.3 is 9.67 Å². The van der Waals surface area contributed by atoms with Crippen molar-refractivity contribution in [1.82, 2.24) is 28.6 Å². The molecule has 1 aromatic carbocycles. The Hall–Kier alpha value is -3.44. The average Bonchev–Trinajstić information content (AvgIpc) is 3.42. The standard InChI is InChI=1S/C29H33F3N6O2/c1-28(40)10-5-11-36(17-28)14-19-12-23(29(30,31)32)24-16-37(27(39)38(24)15-19)22-9-4-8-21(13-22)25(20-6-3-7-20)26-34-33-18-35(26)2/h4,8-9,12-13,15-16,18,20,25,40H,3,5-7,10-11,14,17H2,1-2H3/t25-,28-/m1/s1. The van der Waals surface area contributed by atoms with Gasteiger partial charge in [0, 0.05) is 38.4 Å². The van der Waals surface area contributed by atoms with E-state index in [0.717, 1.165) is 47.5 Å². The van der Waals surface area contributed by atoms with Crippen LogP contribution in [0.2, 0.25) is 0 Å². The van der Waals surface area contributed by atoms with Crippen LogP contribution >= 0.6 is 0 Å². The van der Waals surface area contributed by atoms with Crippen LogP contribution in [-0.2, 0) is 19.8 Å². The second kappa shape index (κ2) is 9.88. The topological polar surface area (TPSA) is 80.6 Å². The van der Waals surface area contributed by atoms with E-state index >= 15 is 0 Å². The zero-order valence-corrected chi connectivity index (χ0v) is 22.6. The fourth-order valence-corrected chi connectivity index (χ4v) is 6.31. The van der Waals surface area contributed by atoms with Gasteiger partial charge in [-0.05, 0) is 74.4 Å². The summed E-state index contributed by atoms with van der Waals surface area (Å²) in [6, 6.07) is 8.56. The van der Waals surface area contributed by atoms with Gasteiger partial charge >= 0.3 is 11.9 Å². The highest BCUT2D eigenvalue weighted by Gasteiger charge is 2.36. The molecule has 4 heterocycles. The number of benzene rings is 1. The molecular weight excluding hydrogens is 521 g/mol. The van der Waals surface area contributed by atoms with Crippen molar-refractivity contribution < 1.29 is 18.3 Å². The highest BCUT2D eigenvalue weighted by Crippen LogP contribution is 2.43. The van der Waals surface area contributed by atoms with Crippen molar-refractivity contribution in [3.8, 4) is 5.69 Å². The van der Waals surface area contributed by atoms with Gasteiger partial charge in [-0.25, -0.2) is 4.79 Å². The van der Waals surface area contributed by atoms with Crippen molar-refractivity contribution in [3.05, 3.63) is 82.1 Å². The highest BCUT2D eigenvalue weighted by atomic mass is 19.4. The van der Waals surface area contributed by atoms with Crippen molar-refractivity contribution >= 4 is 5.52 Å². The Labute approximate surface area is 229 Å². The second-order valence-electron chi connectivity index (χ2n) is 11.7. The van der Waals surface area contributed by atoms with Gasteiger partial charge in [-0.2, -0.15) is 13.2 Å². The predicted molar refractivity (Wildman–Crippen MR) is 143 cm³/mol. The number of hydrogen-bond donors (Lipinski definition) is 1. The van der Waals surface area contributed by atoms with Crippen LogP contribution in [0.25, 0.3) is 11.2 Å². The first-order valence-electron chi connectivity index (χ1n) is 13.7. The Morgan fingerprint density at radius 2 is 1.98 bits per heavy atom. The number of imidazole rings is 1. The molecule has 0 radical (unpaired) electrons. The van der Waals surface area contributed by atoms with Crippen LogP contribution in [0.5, 0.6) is 0 Å². The van der Waals surface area contributed by atoms with Crippen LogP contribution in [-0.4, -0.2) is 52.4 Å². The smallest absolute Gasteiger partial charge is 0.389 e. The van der Waals surface area contributed by atoms with Crippen LogP contribution in [0.1, 0.15) is 67.5 Å². The zero-order chi connectivity index (χ0) is 28.2. The van der Waals surface area contributed by atoms with Gasteiger partial charge in [-0.3, -0.25) is 13.9 Å². The first-order valence-corrected chi connectivity index (χ1v) is 13.7. The minimum Gasteiger partial charge on any atom is -0.389 e. The van der Waals surface area contributed by atoms with Crippen molar-refractivity contribution in [2.75, 3.05) is 13.1 Å². The molecule has 0 unspecified atom stereocenters. The Balaban J connectivity index is 1.42. The zero-order valence-electron chi connectivity index (χ0n) is 22.6. The van der Waals surface area contributed by atoms with E-state index in [4.69, 9.17) is 0 Å². The van der Waals surface area contributed by atoms with Crippen LogP contribution in [0.3, 0.4) is 0 Å². The number of fused-ring (bicyclic) bond motifs is 1. The maximum absolute atomic E-state index is 14.2. The van der Waals surface area contributed by atoms with Crippen molar-refractivity contribution in [3.63, 3.8) is 0 Å². The molecule has 0 bridgehead atoms. The summed E-state index contributed by atoms with van der Waals surface area (Å²) < 4.78 is 47.0. The van der Waals surface area contributed by atoms with Gasteiger partial charge in [-0.15, -0.1) is 10.2 Å². The largest absolute Gasteiger partial charge is 0.418 e. The molecule has 2 aliphatic rings. The third-order valence-electron chi connectivity index (χ3n) is 8.44. The molecule has 11 heteroatoms. The van der Waals surface area contributed by atoms with E-state index in [9.17, 15) is 23.1 Å². The Bertz CT molecular complexity index is 1600. The SMILES string of the molecule is Cn1cnnc1[C@@H](c1cccc(-n2cc3c(C(F)(F)F)cc(CN4CCC[C@@](C)(O)C4)cn3c2=O)c1)C1CCC1. The molecule has 40 heavy (non-hydrogen) atoms. The summed E-state index contributed by atoms with van der Waals surface area (Å²) in [7, 11) is 1.90. The lowest BCUT2D eigenvalue weighted by Gasteiger charge is -2.36. The van der Waals surface area contributed by atoms with E-state index in [-0.39, 0.29) is 18.0 Å². The number of nitrogens with zero attached hydrogens (tertiary/aromatic N) is 6. The van der Waals surface area contributed by atoms with Crippen LogP contribution in [0.4, 0.5) is 13.2 Å². The summed E-state index contributed by atoms with van der Waals surface area (Å²) >= 11 is 0. The van der Waals surface area contributed by atoms with Crippen LogP contribution in [0, 0.1) is 5.92 Å². The number of alkyl halides is 3. The molecule has 1 saturated carbocycles. The lowest BCUT2D eigenvalue weighted by Crippen LogP contribution is -2.45. The van der Waals surface area contributed by atoms with Gasteiger partial charge in [0.2, 0.25) is 0 Å². The van der Waals surface area contributed by atoms with E-state index in [0.29, 0.717) is 36.7 Å². The molecule has 4 aromatic rings. The fourth-order valence-electron chi connectivity index (χ4n) is 6.31. The summed E-state index contributed by atoms with van der Waals surface area (Å²) in [4.78, 5) is 15.5. The summed E-state index contributed by atoms with van der Waals surface area (Å²) in [5.74, 6) is 1.20. The van der Waals surface area contributed by atoms with E-state index < -0.39 is 23.0 Å². The second-order valence-corrected chi connectivity index (χ2v) is 11.7. The summed E-state index contributed by atoms with van der Waals surface area (Å²) in [6.07, 6.45) is 4.45. The van der Waals surface area contributed by atoms with Gasteiger partial charge in [0.1, 0.15) is 12.2 Å². The maximum Gasteiger partial charge on any atom is 0.418 e. The molecule has 6 rings (SSSR count). The summed E-state index contributed by atoms with van der Waals surface area (Å²) in [5.41, 5.74) is -0.674. The monoisotopic (exact) mass is 554 g/mol. The summed E-state index contributed by atoms with van der Waals surface area (Å²) in [6.45, 7) is 2.99. The van der Waals surface area contributed by atoms with Gasteiger partial charge in [0.25, 0.3) is 0 Å². The average molecular weight is 555 g/mol. The molecule has 212 valence electrons. The molecular formula is C29H33F3N6O2. The molecule has 2 atom stereocenters. The lowest BCUT2D eigenvalue weighted by atomic mass is 9.72. The number of aliphatic hydroxyl groups is 1. The number of aryl methyl sites for hydroxylation is 1. The Morgan fingerprint density at radius 1 is 1.18 bits per heavy atom. The molecule has 1 aliphatic heterocycles. The number of rotatable bonds is 6. The number of hydrogen-bond acceptors (Lipinski definition) is 5. The molecule has 1 saturated heterocycles. The number of piperidine rings is 1. The molecule has 8 nitrogen and oxygen atoms in total. The molecule has 2 fully saturated rings. The van der Waals surface area contributed by atoms with Crippen molar-refractivity contribution in [1.29, 1.82) is 0 Å². The molecule has 3 aromatic heterocycles. The van der Waals surface area contributed by atoms with E-state index in [1.165, 1.54) is 17.0 Å². The number of likely N-dealkylation sites (tertiary alicyclic amines) is 1. The quantitative estimate of drug-likeness (QED) is 0.379. The Morgan fingerprint density at radius 3 is 2.62 bits per heavy atom. The third-order valence-corrected chi connectivity index (χ3v) is 8.44. The molecule has 0 spiro atoms. The number of halogens is 3. The fraction of sp³-hybridized carbons (Fsp3) is 0.483. The van der Waals surface area contributed by atoms with Gasteiger partial charge in [0.05, 0.1) is 22.4 Å². The summed E-state index contributed by atoms with van der Waals surface area (Å²) in [5, 5.41) is 18.9. The van der Waals surface area contributed by atoms with E-state index in [1.54, 1.807) is 19.3 Å². The van der Waals surface area contributed by atoms with Gasteiger partial charge in [-0.1, -0.05) is 18.6 Å². The Kier molecular flexibility index (Phi) is 6.61. The van der Waals surface area contributed by atoms with Crippen LogP contribution in [0.15, 0.2) is 53.8 Å². The number of pyridine rings is 1. The minimum absolute atomic E-state index is 0.0203. The first-order chi connectivity index (χ1) is 19.0. The normalized spacial score (nSPS) is 21.6.